The first-order chi connectivity index (χ1) is 18.7. The lowest BCUT2D eigenvalue weighted by molar-refractivity contribution is -0.125. The fraction of sp³-hybridized carbons (Fsp3) is 0.481. The number of alkyl halides is 3. The number of carbonyl (C=O) groups excluding carboxylic acids is 2. The molecule has 0 bridgehead atoms. The standard InChI is InChI=1S/C27H30F3N5O4/c1-13-22(27(37)35-19-9-16(8-18(19)28)34-21(36)11-38-2)24-25(33-13)23(31-12-32-24)17-7-15(26(29)30)5-6-20(17)39-10-14-3-4-14/h5-7,12,14,16,18-19,26,33H,3-4,8-11H2,1-2H3,(H,34,36)(H,35,37)/t16-,18+,19+/m0/s1. The van der Waals surface area contributed by atoms with Gasteiger partial charge in [0.1, 0.15) is 36.1 Å². The number of fused-ring (bicyclic) bond motifs is 1. The molecule has 2 heterocycles. The number of H-pyrrole nitrogens is 1. The highest BCUT2D eigenvalue weighted by Gasteiger charge is 2.37. The zero-order valence-corrected chi connectivity index (χ0v) is 21.6. The highest BCUT2D eigenvalue weighted by atomic mass is 19.3. The first-order valence-electron chi connectivity index (χ1n) is 12.9. The second-order valence-corrected chi connectivity index (χ2v) is 10.1. The van der Waals surface area contributed by atoms with Crippen LogP contribution in [0.5, 0.6) is 5.75 Å². The molecule has 0 saturated heterocycles. The molecule has 3 atom stereocenters. The maximum Gasteiger partial charge on any atom is 0.263 e. The summed E-state index contributed by atoms with van der Waals surface area (Å²) in [5.41, 5.74) is 1.84. The van der Waals surface area contributed by atoms with E-state index in [2.05, 4.69) is 25.6 Å². The highest BCUT2D eigenvalue weighted by molar-refractivity contribution is 6.09. The molecule has 2 aliphatic rings. The zero-order chi connectivity index (χ0) is 27.7. The van der Waals surface area contributed by atoms with Crippen molar-refractivity contribution in [3.05, 3.63) is 41.3 Å². The Morgan fingerprint density at radius 2 is 1.97 bits per heavy atom. The van der Waals surface area contributed by atoms with Gasteiger partial charge in [-0.1, -0.05) is 0 Å². The summed E-state index contributed by atoms with van der Waals surface area (Å²) in [7, 11) is 1.39. The van der Waals surface area contributed by atoms with Crippen LogP contribution in [0.1, 0.15) is 53.7 Å². The minimum absolute atomic E-state index is 0.0731. The number of aromatic amines is 1. The molecule has 0 radical (unpaired) electrons. The first-order valence-corrected chi connectivity index (χ1v) is 12.9. The highest BCUT2D eigenvalue weighted by Crippen LogP contribution is 2.38. The Kier molecular flexibility index (Phi) is 7.74. The normalized spacial score (nSPS) is 20.9. The fourth-order valence-electron chi connectivity index (χ4n) is 4.98. The molecule has 39 heavy (non-hydrogen) atoms. The molecule has 2 aromatic heterocycles. The Bertz CT molecular complexity index is 1380. The number of carbonyl (C=O) groups is 2. The molecule has 2 saturated carbocycles. The van der Waals surface area contributed by atoms with E-state index in [0.717, 1.165) is 12.8 Å². The number of hydrogen-bond donors (Lipinski definition) is 3. The van der Waals surface area contributed by atoms with Gasteiger partial charge >= 0.3 is 0 Å². The van der Waals surface area contributed by atoms with Gasteiger partial charge in [0, 0.05) is 36.4 Å². The molecule has 5 rings (SSSR count). The quantitative estimate of drug-likeness (QED) is 0.354. The minimum atomic E-state index is -2.69. The fourth-order valence-corrected chi connectivity index (χ4v) is 4.98. The smallest absolute Gasteiger partial charge is 0.263 e. The monoisotopic (exact) mass is 545 g/mol. The van der Waals surface area contributed by atoms with Crippen LogP contribution in [-0.2, 0) is 9.53 Å². The summed E-state index contributed by atoms with van der Waals surface area (Å²) in [6, 6.07) is 2.95. The average Bonchev–Trinajstić information content (AvgIpc) is 3.57. The van der Waals surface area contributed by atoms with Crippen LogP contribution in [0.2, 0.25) is 0 Å². The number of benzene rings is 1. The molecular weight excluding hydrogens is 515 g/mol. The van der Waals surface area contributed by atoms with Crippen LogP contribution < -0.4 is 15.4 Å². The lowest BCUT2D eigenvalue weighted by atomic mass is 10.0. The van der Waals surface area contributed by atoms with E-state index in [1.165, 1.54) is 31.6 Å². The van der Waals surface area contributed by atoms with Gasteiger partial charge in [0.25, 0.3) is 12.3 Å². The molecule has 9 nitrogen and oxygen atoms in total. The van der Waals surface area contributed by atoms with Gasteiger partial charge in [-0.05, 0) is 50.3 Å². The van der Waals surface area contributed by atoms with Crippen LogP contribution in [0.15, 0.2) is 24.5 Å². The van der Waals surface area contributed by atoms with Crippen molar-refractivity contribution in [2.75, 3.05) is 20.3 Å². The predicted octanol–water partition coefficient (Wildman–Crippen LogP) is 4.02. The molecule has 12 heteroatoms. The van der Waals surface area contributed by atoms with E-state index in [1.54, 1.807) is 6.92 Å². The lowest BCUT2D eigenvalue weighted by Crippen LogP contribution is -2.40. The summed E-state index contributed by atoms with van der Waals surface area (Å²) in [6.07, 6.45) is -0.338. The average molecular weight is 546 g/mol. The van der Waals surface area contributed by atoms with Crippen LogP contribution in [-0.4, -0.2) is 65.3 Å². The van der Waals surface area contributed by atoms with E-state index in [1.807, 2.05) is 0 Å². The zero-order valence-electron chi connectivity index (χ0n) is 21.6. The molecule has 2 aliphatic carbocycles. The SMILES string of the molecule is COCC(=O)N[C@H]1C[C@@H](F)[C@H](NC(=O)c2c(C)[nH]c3c(-c4cc(C(F)F)ccc4OCC4CC4)ncnc23)C1. The summed E-state index contributed by atoms with van der Waals surface area (Å²) in [5, 5.41) is 5.44. The number of aromatic nitrogens is 3. The van der Waals surface area contributed by atoms with Gasteiger partial charge in [-0.15, -0.1) is 0 Å². The maximum atomic E-state index is 14.8. The van der Waals surface area contributed by atoms with Crippen molar-refractivity contribution in [2.45, 2.75) is 57.3 Å². The molecule has 1 aromatic carbocycles. The van der Waals surface area contributed by atoms with Gasteiger partial charge in [0.15, 0.2) is 0 Å². The van der Waals surface area contributed by atoms with Crippen LogP contribution in [0.3, 0.4) is 0 Å². The van der Waals surface area contributed by atoms with Crippen molar-refractivity contribution in [1.82, 2.24) is 25.6 Å². The van der Waals surface area contributed by atoms with Crippen LogP contribution >= 0.6 is 0 Å². The Balaban J connectivity index is 1.42. The van der Waals surface area contributed by atoms with E-state index < -0.39 is 30.6 Å². The van der Waals surface area contributed by atoms with Crippen molar-refractivity contribution >= 4 is 22.8 Å². The van der Waals surface area contributed by atoms with Crippen LogP contribution in [0.25, 0.3) is 22.3 Å². The van der Waals surface area contributed by atoms with Gasteiger partial charge in [0.2, 0.25) is 5.91 Å². The number of hydrogen-bond acceptors (Lipinski definition) is 6. The third-order valence-electron chi connectivity index (χ3n) is 7.12. The van der Waals surface area contributed by atoms with Crippen LogP contribution in [0, 0.1) is 12.8 Å². The van der Waals surface area contributed by atoms with E-state index in [-0.39, 0.29) is 42.0 Å². The van der Waals surface area contributed by atoms with E-state index in [4.69, 9.17) is 9.47 Å². The molecule has 0 unspecified atom stereocenters. The molecule has 2 fully saturated rings. The van der Waals surface area contributed by atoms with E-state index >= 15 is 0 Å². The third-order valence-corrected chi connectivity index (χ3v) is 7.12. The Labute approximate surface area is 222 Å². The second-order valence-electron chi connectivity index (χ2n) is 10.1. The van der Waals surface area contributed by atoms with Crippen molar-refractivity contribution in [1.29, 1.82) is 0 Å². The van der Waals surface area contributed by atoms with Crippen molar-refractivity contribution in [2.24, 2.45) is 5.92 Å². The number of amides is 2. The summed E-state index contributed by atoms with van der Waals surface area (Å²) >= 11 is 0. The molecule has 0 spiro atoms. The van der Waals surface area contributed by atoms with Gasteiger partial charge in [-0.2, -0.15) is 0 Å². The maximum absolute atomic E-state index is 14.8. The second kappa shape index (κ2) is 11.2. The molecular formula is C27H30F3N5O4. The Morgan fingerprint density at radius 3 is 2.69 bits per heavy atom. The molecule has 208 valence electrons. The number of aryl methyl sites for hydroxylation is 1. The Morgan fingerprint density at radius 1 is 1.18 bits per heavy atom. The van der Waals surface area contributed by atoms with E-state index in [0.29, 0.717) is 40.7 Å². The number of methoxy groups -OCH3 is 1. The molecule has 2 amide bonds. The molecule has 0 aliphatic heterocycles. The number of ether oxygens (including phenoxy) is 2. The van der Waals surface area contributed by atoms with Crippen molar-refractivity contribution in [3.63, 3.8) is 0 Å². The van der Waals surface area contributed by atoms with Crippen molar-refractivity contribution < 1.29 is 32.2 Å². The number of nitrogens with one attached hydrogen (secondary N) is 3. The third kappa shape index (κ3) is 5.85. The largest absolute Gasteiger partial charge is 0.493 e. The minimum Gasteiger partial charge on any atom is -0.493 e. The lowest BCUT2D eigenvalue weighted by Gasteiger charge is -2.15. The van der Waals surface area contributed by atoms with Gasteiger partial charge in [0.05, 0.1) is 23.7 Å². The van der Waals surface area contributed by atoms with Gasteiger partial charge < -0.3 is 25.1 Å². The summed E-state index contributed by atoms with van der Waals surface area (Å²) in [6.45, 7) is 2.02. The Hall–Kier alpha value is -3.67. The summed E-state index contributed by atoms with van der Waals surface area (Å²) < 4.78 is 52.7. The summed E-state index contributed by atoms with van der Waals surface area (Å²) in [5.74, 6) is -0.0255. The number of rotatable bonds is 10. The van der Waals surface area contributed by atoms with Crippen molar-refractivity contribution in [3.8, 4) is 17.0 Å². The van der Waals surface area contributed by atoms with Gasteiger partial charge in [-0.25, -0.2) is 23.1 Å². The molecule has 3 N–H and O–H groups in total. The van der Waals surface area contributed by atoms with Gasteiger partial charge in [-0.3, -0.25) is 9.59 Å². The molecule has 3 aromatic rings. The topological polar surface area (TPSA) is 118 Å². The summed E-state index contributed by atoms with van der Waals surface area (Å²) in [4.78, 5) is 36.9. The first kappa shape index (κ1) is 26.9. The number of nitrogens with zero attached hydrogens (tertiary/aromatic N) is 2. The predicted molar refractivity (Wildman–Crippen MR) is 136 cm³/mol. The van der Waals surface area contributed by atoms with E-state index in [9.17, 15) is 22.8 Å². The van der Waals surface area contributed by atoms with Crippen LogP contribution in [0.4, 0.5) is 13.2 Å². The number of halogens is 3.